The molecule has 1 aliphatic heterocycles. The van der Waals surface area contributed by atoms with Crippen molar-refractivity contribution in [1.82, 2.24) is 5.32 Å². The summed E-state index contributed by atoms with van der Waals surface area (Å²) in [6.07, 6.45) is 5.33. The molecule has 0 aromatic carbocycles. The molecule has 1 aliphatic rings. The summed E-state index contributed by atoms with van der Waals surface area (Å²) in [5.41, 5.74) is 0. The molecule has 0 bridgehead atoms. The first-order valence-electron chi connectivity index (χ1n) is 4.22. The highest BCUT2D eigenvalue weighted by Gasteiger charge is 1.93. The van der Waals surface area contributed by atoms with Crippen molar-refractivity contribution in [2.75, 3.05) is 20.2 Å². The summed E-state index contributed by atoms with van der Waals surface area (Å²) in [4.78, 5) is 9.84. The van der Waals surface area contributed by atoms with Gasteiger partial charge in [0.15, 0.2) is 0 Å². The van der Waals surface area contributed by atoms with E-state index in [2.05, 4.69) is 16.6 Å². The van der Waals surface area contributed by atoms with E-state index < -0.39 is 5.97 Å². The third-order valence-electron chi connectivity index (χ3n) is 1.57. The predicted molar refractivity (Wildman–Crippen MR) is 48.9 cm³/mol. The molecule has 0 aliphatic carbocycles. The first-order chi connectivity index (χ1) is 5.81. The molecule has 0 unspecified atom stereocenters. The number of carbonyl (C=O) groups is 1. The summed E-state index contributed by atoms with van der Waals surface area (Å²) in [6, 6.07) is 0. The van der Waals surface area contributed by atoms with Crippen LogP contribution in [-0.2, 0) is 9.53 Å². The van der Waals surface area contributed by atoms with Crippen molar-refractivity contribution < 1.29 is 9.53 Å². The van der Waals surface area contributed by atoms with Gasteiger partial charge in [0.1, 0.15) is 0 Å². The van der Waals surface area contributed by atoms with Crippen molar-refractivity contribution in [3.05, 3.63) is 12.7 Å². The largest absolute Gasteiger partial charge is 0.466 e. The molecule has 0 saturated carbocycles. The molecule has 1 rings (SSSR count). The Hall–Kier alpha value is -0.830. The SMILES string of the molecule is C1CCNCC1.C=CC(=O)OC. The number of piperidine rings is 1. The number of hydrogen-bond acceptors (Lipinski definition) is 3. The fourth-order valence-electron chi connectivity index (χ4n) is 0.885. The minimum absolute atomic E-state index is 0.394. The Kier molecular flexibility index (Phi) is 7.70. The molecule has 0 amide bonds. The van der Waals surface area contributed by atoms with Crippen molar-refractivity contribution in [3.8, 4) is 0 Å². The van der Waals surface area contributed by atoms with Gasteiger partial charge in [0.05, 0.1) is 7.11 Å². The Balaban J connectivity index is 0.000000202. The summed E-state index contributed by atoms with van der Waals surface area (Å²) in [6.45, 7) is 5.66. The van der Waals surface area contributed by atoms with Gasteiger partial charge in [-0.3, -0.25) is 0 Å². The van der Waals surface area contributed by atoms with Crippen LogP contribution in [0.2, 0.25) is 0 Å². The van der Waals surface area contributed by atoms with E-state index in [1.807, 2.05) is 0 Å². The molecule has 0 aromatic heterocycles. The summed E-state index contributed by atoms with van der Waals surface area (Å²) in [5.74, 6) is -0.394. The zero-order valence-electron chi connectivity index (χ0n) is 7.64. The van der Waals surface area contributed by atoms with Gasteiger partial charge in [-0.1, -0.05) is 13.0 Å². The minimum Gasteiger partial charge on any atom is -0.466 e. The normalized spacial score (nSPS) is 15.4. The average molecular weight is 171 g/mol. The Morgan fingerprint density at radius 1 is 1.42 bits per heavy atom. The van der Waals surface area contributed by atoms with Gasteiger partial charge in [-0.15, -0.1) is 0 Å². The summed E-state index contributed by atoms with van der Waals surface area (Å²) in [7, 11) is 1.31. The van der Waals surface area contributed by atoms with Gasteiger partial charge in [-0.2, -0.15) is 0 Å². The molecule has 1 fully saturated rings. The summed E-state index contributed by atoms with van der Waals surface area (Å²) in [5, 5.41) is 3.28. The Morgan fingerprint density at radius 2 is 2.00 bits per heavy atom. The van der Waals surface area contributed by atoms with Crippen LogP contribution in [0.3, 0.4) is 0 Å². The van der Waals surface area contributed by atoms with Gasteiger partial charge in [-0.05, 0) is 25.9 Å². The molecule has 3 heteroatoms. The van der Waals surface area contributed by atoms with Crippen molar-refractivity contribution in [2.24, 2.45) is 0 Å². The van der Waals surface area contributed by atoms with Gasteiger partial charge >= 0.3 is 5.97 Å². The number of esters is 1. The van der Waals surface area contributed by atoms with Crippen molar-refractivity contribution in [3.63, 3.8) is 0 Å². The van der Waals surface area contributed by atoms with E-state index in [4.69, 9.17) is 0 Å². The molecule has 1 saturated heterocycles. The van der Waals surface area contributed by atoms with E-state index in [1.54, 1.807) is 0 Å². The van der Waals surface area contributed by atoms with Crippen LogP contribution in [0.1, 0.15) is 19.3 Å². The molecule has 12 heavy (non-hydrogen) atoms. The first kappa shape index (κ1) is 11.2. The Bertz CT molecular complexity index is 119. The summed E-state index contributed by atoms with van der Waals surface area (Å²) >= 11 is 0. The average Bonchev–Trinajstić information content (AvgIpc) is 2.20. The molecule has 0 spiro atoms. The van der Waals surface area contributed by atoms with Crippen LogP contribution in [0, 0.1) is 0 Å². The smallest absolute Gasteiger partial charge is 0.329 e. The lowest BCUT2D eigenvalue weighted by Gasteiger charge is -2.08. The topological polar surface area (TPSA) is 38.3 Å². The summed E-state index contributed by atoms with van der Waals surface area (Å²) < 4.78 is 4.14. The van der Waals surface area contributed by atoms with Gasteiger partial charge in [-0.25, -0.2) is 4.79 Å². The van der Waals surface area contributed by atoms with Gasteiger partial charge < -0.3 is 10.1 Å². The molecule has 0 atom stereocenters. The fraction of sp³-hybridized carbons (Fsp3) is 0.667. The molecular formula is C9H17NO2. The number of ether oxygens (including phenoxy) is 1. The molecule has 1 N–H and O–H groups in total. The number of carbonyl (C=O) groups excluding carboxylic acids is 1. The van der Waals surface area contributed by atoms with Crippen LogP contribution in [0.5, 0.6) is 0 Å². The predicted octanol–water partition coefficient (Wildman–Crippen LogP) is 1.11. The van der Waals surface area contributed by atoms with E-state index in [0.717, 1.165) is 6.08 Å². The van der Waals surface area contributed by atoms with Crippen LogP contribution in [0.4, 0.5) is 0 Å². The van der Waals surface area contributed by atoms with Crippen LogP contribution in [-0.4, -0.2) is 26.2 Å². The van der Waals surface area contributed by atoms with Crippen molar-refractivity contribution in [2.45, 2.75) is 19.3 Å². The monoisotopic (exact) mass is 171 g/mol. The highest BCUT2D eigenvalue weighted by Crippen LogP contribution is 1.96. The van der Waals surface area contributed by atoms with E-state index in [-0.39, 0.29) is 0 Å². The van der Waals surface area contributed by atoms with Crippen LogP contribution in [0.25, 0.3) is 0 Å². The number of hydrogen-bond donors (Lipinski definition) is 1. The van der Waals surface area contributed by atoms with Crippen molar-refractivity contribution in [1.29, 1.82) is 0 Å². The number of rotatable bonds is 1. The lowest BCUT2D eigenvalue weighted by atomic mass is 10.2. The van der Waals surface area contributed by atoms with E-state index >= 15 is 0 Å². The quantitative estimate of drug-likeness (QED) is 0.474. The lowest BCUT2D eigenvalue weighted by molar-refractivity contribution is -0.134. The van der Waals surface area contributed by atoms with E-state index in [0.29, 0.717) is 0 Å². The van der Waals surface area contributed by atoms with Crippen LogP contribution in [0.15, 0.2) is 12.7 Å². The van der Waals surface area contributed by atoms with E-state index in [9.17, 15) is 4.79 Å². The van der Waals surface area contributed by atoms with Gasteiger partial charge in [0.2, 0.25) is 0 Å². The zero-order valence-corrected chi connectivity index (χ0v) is 7.64. The highest BCUT2D eigenvalue weighted by atomic mass is 16.5. The molecule has 0 aromatic rings. The number of nitrogens with one attached hydrogen (secondary N) is 1. The Labute approximate surface area is 73.8 Å². The molecule has 0 radical (unpaired) electrons. The van der Waals surface area contributed by atoms with Crippen molar-refractivity contribution >= 4 is 5.97 Å². The first-order valence-corrected chi connectivity index (χ1v) is 4.22. The molecule has 1 heterocycles. The third kappa shape index (κ3) is 7.28. The fourth-order valence-corrected chi connectivity index (χ4v) is 0.885. The lowest BCUT2D eigenvalue weighted by Crippen LogP contribution is -2.21. The second kappa shape index (κ2) is 8.27. The molecule has 70 valence electrons. The van der Waals surface area contributed by atoms with Gasteiger partial charge in [0.25, 0.3) is 0 Å². The molecular weight excluding hydrogens is 154 g/mol. The number of methoxy groups -OCH3 is 1. The standard InChI is InChI=1S/C5H11N.C4H6O2/c1-2-4-6-5-3-1;1-3-4(5)6-2/h6H,1-5H2;3H,1H2,2H3. The second-order valence-electron chi connectivity index (χ2n) is 2.54. The second-order valence-corrected chi connectivity index (χ2v) is 2.54. The third-order valence-corrected chi connectivity index (χ3v) is 1.57. The van der Waals surface area contributed by atoms with Crippen LogP contribution < -0.4 is 5.32 Å². The maximum Gasteiger partial charge on any atom is 0.329 e. The van der Waals surface area contributed by atoms with Crippen LogP contribution >= 0.6 is 0 Å². The van der Waals surface area contributed by atoms with Gasteiger partial charge in [0, 0.05) is 6.08 Å². The Morgan fingerprint density at radius 3 is 2.08 bits per heavy atom. The molecule has 3 nitrogen and oxygen atoms in total. The minimum atomic E-state index is -0.394. The van der Waals surface area contributed by atoms with E-state index in [1.165, 1.54) is 39.5 Å². The highest BCUT2D eigenvalue weighted by molar-refractivity contribution is 5.80. The maximum absolute atomic E-state index is 9.84. The maximum atomic E-state index is 9.84. The zero-order chi connectivity index (χ0) is 9.23.